The zero-order valence-corrected chi connectivity index (χ0v) is 10.3. The van der Waals surface area contributed by atoms with Crippen molar-refractivity contribution in [1.82, 2.24) is 9.88 Å². The molecule has 7 heteroatoms. The second-order valence-corrected chi connectivity index (χ2v) is 4.47. The molecule has 102 valence electrons. The van der Waals surface area contributed by atoms with Crippen LogP contribution in [0.2, 0.25) is 0 Å². The molecule has 1 aliphatic rings. The van der Waals surface area contributed by atoms with Gasteiger partial charge in [-0.2, -0.15) is 0 Å². The number of oxime groups is 1. The van der Waals surface area contributed by atoms with Crippen molar-refractivity contribution in [2.24, 2.45) is 16.8 Å². The van der Waals surface area contributed by atoms with Crippen molar-refractivity contribution in [2.75, 3.05) is 13.1 Å². The molecule has 0 aliphatic carbocycles. The van der Waals surface area contributed by atoms with Gasteiger partial charge in [-0.15, -0.1) is 0 Å². The number of likely N-dealkylation sites (tertiary alicyclic amines) is 1. The highest BCUT2D eigenvalue weighted by molar-refractivity contribution is 5.95. The predicted octanol–water partition coefficient (Wildman–Crippen LogP) is 0.819. The van der Waals surface area contributed by atoms with E-state index in [-0.39, 0.29) is 17.3 Å². The molecule has 0 aromatic carbocycles. The number of nitrogens with two attached hydrogens (primary N) is 1. The minimum Gasteiger partial charge on any atom is -0.409 e. The summed E-state index contributed by atoms with van der Waals surface area (Å²) >= 11 is 0. The van der Waals surface area contributed by atoms with E-state index in [1.165, 1.54) is 17.2 Å². The van der Waals surface area contributed by atoms with Crippen LogP contribution in [0.4, 0.5) is 4.39 Å². The van der Waals surface area contributed by atoms with Crippen LogP contribution < -0.4 is 5.73 Å². The number of piperidine rings is 1. The average Bonchev–Trinajstić information content (AvgIpc) is 2.46. The molecule has 0 saturated carbocycles. The highest BCUT2D eigenvalue weighted by Crippen LogP contribution is 2.19. The molecule has 3 N–H and O–H groups in total. The quantitative estimate of drug-likeness (QED) is 0.359. The number of carbonyl (C=O) groups is 1. The van der Waals surface area contributed by atoms with Crippen LogP contribution in [-0.2, 0) is 0 Å². The predicted molar refractivity (Wildman–Crippen MR) is 66.2 cm³/mol. The molecule has 1 fully saturated rings. The van der Waals surface area contributed by atoms with E-state index in [2.05, 4.69) is 10.1 Å². The first-order valence-electron chi connectivity index (χ1n) is 5.99. The molecule has 0 spiro atoms. The molecule has 0 radical (unpaired) electrons. The summed E-state index contributed by atoms with van der Waals surface area (Å²) in [5.74, 6) is -1.12. The molecule has 1 aliphatic heterocycles. The summed E-state index contributed by atoms with van der Waals surface area (Å²) in [6.45, 7) is 0.867. The fourth-order valence-corrected chi connectivity index (χ4v) is 2.20. The van der Waals surface area contributed by atoms with Crippen LogP contribution in [0.15, 0.2) is 23.6 Å². The van der Waals surface area contributed by atoms with E-state index in [9.17, 15) is 9.18 Å². The van der Waals surface area contributed by atoms with Crippen LogP contribution in [0.1, 0.15) is 23.2 Å². The van der Waals surface area contributed by atoms with Gasteiger partial charge in [0.25, 0.3) is 5.91 Å². The van der Waals surface area contributed by atoms with Crippen LogP contribution in [0.3, 0.4) is 0 Å². The molecule has 1 saturated heterocycles. The van der Waals surface area contributed by atoms with E-state index in [1.54, 1.807) is 0 Å². The average molecular weight is 266 g/mol. The van der Waals surface area contributed by atoms with Gasteiger partial charge in [0.15, 0.2) is 5.82 Å². The van der Waals surface area contributed by atoms with Crippen molar-refractivity contribution in [3.8, 4) is 0 Å². The first kappa shape index (κ1) is 13.3. The summed E-state index contributed by atoms with van der Waals surface area (Å²) in [4.78, 5) is 17.3. The Balaban J connectivity index is 2.14. The molecule has 1 amide bonds. The number of rotatable bonds is 2. The number of hydrogen-bond donors (Lipinski definition) is 2. The van der Waals surface area contributed by atoms with Gasteiger partial charge in [0.05, 0.1) is 11.8 Å². The van der Waals surface area contributed by atoms with Crippen LogP contribution in [0.25, 0.3) is 0 Å². The minimum absolute atomic E-state index is 0.00448. The molecular formula is C12H15FN4O2. The van der Waals surface area contributed by atoms with Gasteiger partial charge >= 0.3 is 0 Å². The monoisotopic (exact) mass is 266 g/mol. The van der Waals surface area contributed by atoms with Gasteiger partial charge in [-0.05, 0) is 18.9 Å². The normalized spacial score (nSPS) is 20.4. The zero-order chi connectivity index (χ0) is 13.8. The van der Waals surface area contributed by atoms with Gasteiger partial charge in [0.2, 0.25) is 0 Å². The maximum Gasteiger partial charge on any atom is 0.256 e. The topological polar surface area (TPSA) is 91.8 Å². The molecule has 1 atom stereocenters. The van der Waals surface area contributed by atoms with Gasteiger partial charge in [0.1, 0.15) is 5.84 Å². The molecule has 1 unspecified atom stereocenters. The fraction of sp³-hybridized carbons (Fsp3) is 0.417. The summed E-state index contributed by atoms with van der Waals surface area (Å²) in [6, 6.07) is 1.35. The van der Waals surface area contributed by atoms with Gasteiger partial charge in [0, 0.05) is 25.2 Å². The molecule has 1 aromatic rings. The van der Waals surface area contributed by atoms with Gasteiger partial charge in [-0.25, -0.2) is 4.39 Å². The van der Waals surface area contributed by atoms with Crippen LogP contribution in [-0.4, -0.2) is 39.9 Å². The van der Waals surface area contributed by atoms with E-state index in [4.69, 9.17) is 10.9 Å². The molecule has 19 heavy (non-hydrogen) atoms. The van der Waals surface area contributed by atoms with Crippen LogP contribution in [0.5, 0.6) is 0 Å². The van der Waals surface area contributed by atoms with Gasteiger partial charge < -0.3 is 15.8 Å². The van der Waals surface area contributed by atoms with E-state index in [1.807, 2.05) is 0 Å². The lowest BCUT2D eigenvalue weighted by Crippen LogP contribution is -2.44. The third-order valence-corrected chi connectivity index (χ3v) is 3.25. The summed E-state index contributed by atoms with van der Waals surface area (Å²) in [7, 11) is 0. The summed E-state index contributed by atoms with van der Waals surface area (Å²) in [6.07, 6.45) is 3.87. The van der Waals surface area contributed by atoms with Crippen molar-refractivity contribution in [2.45, 2.75) is 12.8 Å². The Labute approximate surface area is 109 Å². The molecule has 0 bridgehead atoms. The third kappa shape index (κ3) is 2.81. The maximum absolute atomic E-state index is 13.5. The van der Waals surface area contributed by atoms with Crippen molar-refractivity contribution in [3.05, 3.63) is 29.8 Å². The SMILES string of the molecule is NC(=NO)C1CCCN(C(=O)c2ccncc2F)C1. The first-order valence-corrected chi connectivity index (χ1v) is 5.99. The van der Waals surface area contributed by atoms with Gasteiger partial charge in [-0.1, -0.05) is 5.16 Å². The molecule has 2 rings (SSSR count). The molecular weight excluding hydrogens is 251 g/mol. The molecule has 2 heterocycles. The van der Waals surface area contributed by atoms with Crippen molar-refractivity contribution in [1.29, 1.82) is 0 Å². The Morgan fingerprint density at radius 2 is 2.42 bits per heavy atom. The van der Waals surface area contributed by atoms with E-state index < -0.39 is 11.7 Å². The second kappa shape index (κ2) is 5.64. The largest absolute Gasteiger partial charge is 0.409 e. The van der Waals surface area contributed by atoms with E-state index in [0.717, 1.165) is 19.0 Å². The fourth-order valence-electron chi connectivity index (χ4n) is 2.20. The maximum atomic E-state index is 13.5. The third-order valence-electron chi connectivity index (χ3n) is 3.25. The Morgan fingerprint density at radius 1 is 1.63 bits per heavy atom. The molecule has 6 nitrogen and oxygen atoms in total. The van der Waals surface area contributed by atoms with E-state index >= 15 is 0 Å². The highest BCUT2D eigenvalue weighted by Gasteiger charge is 2.28. The lowest BCUT2D eigenvalue weighted by Gasteiger charge is -2.32. The lowest BCUT2D eigenvalue weighted by molar-refractivity contribution is 0.0696. The number of amides is 1. The van der Waals surface area contributed by atoms with Crippen molar-refractivity contribution >= 4 is 11.7 Å². The Morgan fingerprint density at radius 3 is 3.11 bits per heavy atom. The number of pyridine rings is 1. The number of amidine groups is 1. The van der Waals surface area contributed by atoms with E-state index in [0.29, 0.717) is 13.1 Å². The Kier molecular flexibility index (Phi) is 3.94. The lowest BCUT2D eigenvalue weighted by atomic mass is 9.96. The number of carbonyl (C=O) groups excluding carboxylic acids is 1. The molecule has 1 aromatic heterocycles. The minimum atomic E-state index is -0.640. The Bertz CT molecular complexity index is 506. The summed E-state index contributed by atoms with van der Waals surface area (Å²) < 4.78 is 13.5. The summed E-state index contributed by atoms with van der Waals surface area (Å²) in [5, 5.41) is 11.6. The highest BCUT2D eigenvalue weighted by atomic mass is 19.1. The Hall–Kier alpha value is -2.18. The van der Waals surface area contributed by atoms with Crippen LogP contribution >= 0.6 is 0 Å². The number of nitrogens with zero attached hydrogens (tertiary/aromatic N) is 3. The number of halogens is 1. The van der Waals surface area contributed by atoms with Crippen molar-refractivity contribution < 1.29 is 14.4 Å². The zero-order valence-electron chi connectivity index (χ0n) is 10.3. The van der Waals surface area contributed by atoms with Crippen LogP contribution in [0, 0.1) is 11.7 Å². The summed E-state index contributed by atoms with van der Waals surface area (Å²) in [5.41, 5.74) is 5.55. The smallest absolute Gasteiger partial charge is 0.256 e. The van der Waals surface area contributed by atoms with Gasteiger partial charge in [-0.3, -0.25) is 9.78 Å². The standard InChI is InChI=1S/C12H15FN4O2/c13-10-6-15-4-3-9(10)12(18)17-5-1-2-8(7-17)11(14)16-19/h3-4,6,8,19H,1-2,5,7H2,(H2,14,16). The number of aromatic nitrogens is 1. The second-order valence-electron chi connectivity index (χ2n) is 4.47. The van der Waals surface area contributed by atoms with Crippen molar-refractivity contribution in [3.63, 3.8) is 0 Å². The number of hydrogen-bond acceptors (Lipinski definition) is 4. The first-order chi connectivity index (χ1) is 9.13.